The van der Waals surface area contributed by atoms with Gasteiger partial charge in [-0.05, 0) is 197 Å². The number of aromatic amines is 6. The van der Waals surface area contributed by atoms with E-state index < -0.39 is 12.7 Å². The number of nitrogens with zero attached hydrogens (tertiary/aromatic N) is 12. The Hall–Kier alpha value is -12.5. The molecule has 0 aliphatic carbocycles. The average molecular weight is 1520 g/mol. The summed E-state index contributed by atoms with van der Waals surface area (Å²) in [4.78, 5) is 108. The van der Waals surface area contributed by atoms with E-state index in [0.717, 1.165) is 98.1 Å². The highest BCUT2D eigenvalue weighted by molar-refractivity contribution is 5.92. The topological polar surface area (TPSA) is 282 Å². The fourth-order valence-corrected chi connectivity index (χ4v) is 15.4. The molecule has 2 unspecified atom stereocenters. The molecule has 0 saturated carbocycles. The lowest BCUT2D eigenvalue weighted by Crippen LogP contribution is -2.40. The zero-order valence-corrected chi connectivity index (χ0v) is 60.9. The van der Waals surface area contributed by atoms with Crippen molar-refractivity contribution in [1.29, 1.82) is 0 Å². The van der Waals surface area contributed by atoms with E-state index in [2.05, 4.69) is 60.2 Å². The molecule has 11 heterocycles. The second-order valence-corrected chi connectivity index (χ2v) is 28.6. The first-order valence-corrected chi connectivity index (χ1v) is 37.5. The third-order valence-corrected chi connectivity index (χ3v) is 21.1. The highest BCUT2D eigenvalue weighted by atomic mass is 19.4. The number of hydrogen-bond acceptors (Lipinski definition) is 12. The van der Waals surface area contributed by atoms with Crippen LogP contribution in [0.4, 0.5) is 26.3 Å². The fraction of sp³-hybridized carbons (Fsp3) is 0.289. The van der Waals surface area contributed by atoms with Crippen molar-refractivity contribution in [1.82, 2.24) is 88.9 Å². The van der Waals surface area contributed by atoms with Gasteiger partial charge in [-0.25, -0.2) is 33.1 Å². The normalized spacial score (nSPS) is 15.7. The number of H-pyrrole nitrogens is 6. The molecule has 17 rings (SSSR count). The number of piperidine rings is 3. The summed E-state index contributed by atoms with van der Waals surface area (Å²) in [5, 5.41) is 9.90. The van der Waals surface area contributed by atoms with Crippen molar-refractivity contribution in [3.8, 4) is 17.8 Å². The highest BCUT2D eigenvalue weighted by Crippen LogP contribution is 2.34. The molecule has 23 nitrogen and oxygen atoms in total. The summed E-state index contributed by atoms with van der Waals surface area (Å²) in [6.07, 6.45) is 11.5. The smallest absolute Gasteiger partial charge is 0.342 e. The molecule has 29 heteroatoms. The molecule has 14 aromatic rings. The van der Waals surface area contributed by atoms with E-state index >= 15 is 0 Å². The van der Waals surface area contributed by atoms with Gasteiger partial charge in [0.15, 0.2) is 0 Å². The Labute approximate surface area is 636 Å². The molecule has 2 atom stereocenters. The SMILES string of the molecule is O=C(Cc1ccncc1)N1CCCC(c2[nH]n(-c3nc4ccccc4[nH]3)c(=O)c2CCc2ccc(F)cc2)C1.O=C(c1cnccn1)N1CCCC(c2[nH]n(-c3nc4ccccc4[nH]3)c(=O)c2CCc2ccc(F)cc2)C1.O=c1c(CCc2ccc(F)cc2)c(C2CCN(CC(F)(F)F)CC2)[nH]n1-c1nc2ccccc2[nH]1. The van der Waals surface area contributed by atoms with E-state index in [4.69, 9.17) is 0 Å². The first kappa shape index (κ1) is 74.9. The summed E-state index contributed by atoms with van der Waals surface area (Å²) in [6, 6.07) is 45.3. The lowest BCUT2D eigenvalue weighted by Gasteiger charge is -2.33. The van der Waals surface area contributed by atoms with Crippen LogP contribution in [0.2, 0.25) is 0 Å². The Morgan fingerprint density at radius 3 is 1.23 bits per heavy atom. The Morgan fingerprint density at radius 1 is 0.429 bits per heavy atom. The number of nitrogens with one attached hydrogen (secondary N) is 6. The van der Waals surface area contributed by atoms with E-state index in [1.54, 1.807) is 53.7 Å². The van der Waals surface area contributed by atoms with Gasteiger partial charge in [-0.15, -0.1) is 0 Å². The van der Waals surface area contributed by atoms with Gasteiger partial charge in [-0.1, -0.05) is 72.8 Å². The van der Waals surface area contributed by atoms with Gasteiger partial charge < -0.3 is 24.8 Å². The number of benzene rings is 6. The van der Waals surface area contributed by atoms with Gasteiger partial charge >= 0.3 is 6.18 Å². The van der Waals surface area contributed by atoms with Crippen molar-refractivity contribution in [2.75, 3.05) is 45.8 Å². The third-order valence-electron chi connectivity index (χ3n) is 21.1. The van der Waals surface area contributed by atoms with Crippen LogP contribution in [0.15, 0.2) is 203 Å². The Morgan fingerprint density at radius 2 is 0.830 bits per heavy atom. The van der Waals surface area contributed by atoms with Crippen LogP contribution in [0.5, 0.6) is 0 Å². The van der Waals surface area contributed by atoms with E-state index in [-0.39, 0.29) is 63.7 Å². The van der Waals surface area contributed by atoms with Crippen molar-refractivity contribution >= 4 is 44.9 Å². The monoisotopic (exact) mass is 1520 g/mol. The maximum Gasteiger partial charge on any atom is 0.401 e. The van der Waals surface area contributed by atoms with Crippen molar-refractivity contribution < 1.29 is 35.9 Å². The van der Waals surface area contributed by atoms with Gasteiger partial charge in [-0.3, -0.25) is 54.1 Å². The minimum atomic E-state index is -4.23. The number of fused-ring (bicyclic) bond motifs is 3. The van der Waals surface area contributed by atoms with Crippen LogP contribution in [0.3, 0.4) is 0 Å². The second-order valence-electron chi connectivity index (χ2n) is 28.6. The molecule has 0 bridgehead atoms. The lowest BCUT2D eigenvalue weighted by atomic mass is 9.90. The van der Waals surface area contributed by atoms with Gasteiger partial charge in [0.05, 0.1) is 52.3 Å². The van der Waals surface area contributed by atoms with Crippen molar-refractivity contribution in [3.63, 3.8) is 0 Å². The molecule has 6 aromatic carbocycles. The summed E-state index contributed by atoms with van der Waals surface area (Å²) < 4.78 is 82.9. The molecule has 3 fully saturated rings. The minimum absolute atomic E-state index is 0.0123. The molecule has 112 heavy (non-hydrogen) atoms. The number of aryl methyl sites for hydroxylation is 3. The van der Waals surface area contributed by atoms with Gasteiger partial charge in [0.2, 0.25) is 23.8 Å². The average Bonchev–Trinajstić information content (AvgIpc) is 1.63. The van der Waals surface area contributed by atoms with Crippen LogP contribution in [0.1, 0.15) is 123 Å². The van der Waals surface area contributed by atoms with Gasteiger partial charge in [0.25, 0.3) is 22.6 Å². The number of aromatic nitrogens is 15. The number of amides is 2. The first-order valence-electron chi connectivity index (χ1n) is 37.5. The molecule has 574 valence electrons. The van der Waals surface area contributed by atoms with Crippen molar-refractivity contribution in [2.24, 2.45) is 0 Å². The van der Waals surface area contributed by atoms with E-state index in [1.807, 2.05) is 89.8 Å². The molecular formula is C83H80F6N18O5. The van der Waals surface area contributed by atoms with Crippen molar-refractivity contribution in [3.05, 3.63) is 299 Å². The summed E-state index contributed by atoms with van der Waals surface area (Å²) in [7, 11) is 0. The number of hydrogen-bond donors (Lipinski definition) is 6. The molecule has 6 N–H and O–H groups in total. The Bertz CT molecular complexity index is 5680. The van der Waals surface area contributed by atoms with Crippen LogP contribution >= 0.6 is 0 Å². The van der Waals surface area contributed by atoms with Crippen LogP contribution < -0.4 is 16.7 Å². The Balaban J connectivity index is 0.000000133. The largest absolute Gasteiger partial charge is 0.401 e. The number of rotatable bonds is 19. The number of alkyl halides is 3. The number of carbonyl (C=O) groups is 2. The number of likely N-dealkylation sites (tertiary alicyclic amines) is 3. The fourth-order valence-electron chi connectivity index (χ4n) is 15.4. The zero-order chi connectivity index (χ0) is 77.4. The second kappa shape index (κ2) is 33.4. The van der Waals surface area contributed by atoms with Crippen LogP contribution in [-0.2, 0) is 49.7 Å². The quantitative estimate of drug-likeness (QED) is 0.0412. The van der Waals surface area contributed by atoms with Crippen LogP contribution in [-0.4, -0.2) is 153 Å². The van der Waals surface area contributed by atoms with E-state index in [0.29, 0.717) is 137 Å². The van der Waals surface area contributed by atoms with E-state index in [9.17, 15) is 50.3 Å². The molecular weight excluding hydrogens is 1440 g/mol. The highest BCUT2D eigenvalue weighted by Gasteiger charge is 2.36. The van der Waals surface area contributed by atoms with Gasteiger partial charge in [0, 0.05) is 102 Å². The van der Waals surface area contributed by atoms with Gasteiger partial charge in [-0.2, -0.15) is 27.2 Å². The minimum Gasteiger partial charge on any atom is -0.342 e. The number of carbonyl (C=O) groups excluding carboxylic acids is 2. The number of halogens is 6. The standard InChI is InChI=1S/C30H29FN6O2.C28H26FN7O2.C25H25F4N5O/c31-23-10-7-20(8-11-23)9-12-24-28(35-37(29(24)39)30-33-25-5-1-2-6-26(25)34-30)22-4-3-17-36(19-22)27(38)18-21-13-15-32-16-14-21;29-20-10-7-18(8-11-20)9-12-21-25(19-4-3-15-35(17-19)27(38)24-16-30-13-14-31-24)34-36(26(21)37)28-32-22-5-1-2-6-23(22)33-28;26-18-8-5-16(6-9-18)7-10-19-22(17-11-13-33(14-12-17)15-25(27,28)29)32-34(23(19)35)24-30-20-3-1-2-4-21(20)31-24/h1-2,5-8,10-11,13-16,22,35H,3-4,9,12,17-19H2,(H,33,34);1-2,5-8,10-11,13-14,16,19,34H,3-4,9,12,15,17H2,(H,32,33);1-6,8-9,17,32H,7,10-15H2,(H,30,31). The number of imidazole rings is 3. The summed E-state index contributed by atoms with van der Waals surface area (Å²) in [6.45, 7) is 1.99. The predicted molar refractivity (Wildman–Crippen MR) is 410 cm³/mol. The molecule has 8 aromatic heterocycles. The molecule has 2 amide bonds. The molecule has 3 saturated heterocycles. The summed E-state index contributed by atoms with van der Waals surface area (Å²) in [5.41, 5.74) is 12.5. The molecule has 3 aliphatic heterocycles. The molecule has 3 aliphatic rings. The first-order chi connectivity index (χ1) is 54.4. The maximum atomic E-state index is 13.8. The van der Waals surface area contributed by atoms with Crippen LogP contribution in [0, 0.1) is 17.5 Å². The van der Waals surface area contributed by atoms with Gasteiger partial charge in [0.1, 0.15) is 23.1 Å². The predicted octanol–water partition coefficient (Wildman–Crippen LogP) is 12.8. The number of pyridine rings is 1. The number of para-hydroxylation sites is 6. The van der Waals surface area contributed by atoms with Crippen molar-refractivity contribution in [2.45, 2.75) is 107 Å². The molecule has 0 spiro atoms. The lowest BCUT2D eigenvalue weighted by molar-refractivity contribution is -0.148. The van der Waals surface area contributed by atoms with Crippen LogP contribution in [0.25, 0.3) is 50.9 Å². The zero-order valence-electron chi connectivity index (χ0n) is 60.9. The Kier molecular flexibility index (Phi) is 22.3. The maximum absolute atomic E-state index is 13.8. The van der Waals surface area contributed by atoms with E-state index in [1.165, 1.54) is 73.9 Å². The summed E-state index contributed by atoms with van der Waals surface area (Å²) in [5.74, 6) is 0.0475. The third kappa shape index (κ3) is 17.4. The summed E-state index contributed by atoms with van der Waals surface area (Å²) >= 11 is 0. The molecule has 0 radical (unpaired) electrons.